The van der Waals surface area contributed by atoms with Crippen LogP contribution in [0.15, 0.2) is 66.9 Å². The Morgan fingerprint density at radius 3 is 2.47 bits per heavy atom. The van der Waals surface area contributed by atoms with E-state index in [1.807, 2.05) is 76.4 Å². The molecule has 1 unspecified atom stereocenters. The molecule has 0 bridgehead atoms. The summed E-state index contributed by atoms with van der Waals surface area (Å²) in [6.07, 6.45) is 1.81. The molecule has 0 spiro atoms. The number of aromatic nitrogens is 1. The molecule has 0 saturated heterocycles. The summed E-state index contributed by atoms with van der Waals surface area (Å²) in [6.45, 7) is 3.42. The Balaban J connectivity index is 1.64. The largest absolute Gasteiger partial charge is 0.492 e. The van der Waals surface area contributed by atoms with Crippen LogP contribution in [-0.2, 0) is 11.4 Å². The maximum atomic E-state index is 13.2. The number of fused-ring (bicyclic) bond motifs is 1. The molecule has 10 heteroatoms. The molecule has 4 rings (SSSR count). The molecule has 2 N–H and O–H groups in total. The lowest BCUT2D eigenvalue weighted by Crippen LogP contribution is -2.40. The van der Waals surface area contributed by atoms with Crippen molar-refractivity contribution < 1.29 is 14.3 Å². The number of anilines is 3. The van der Waals surface area contributed by atoms with E-state index in [9.17, 15) is 10.1 Å². The van der Waals surface area contributed by atoms with E-state index >= 15 is 0 Å². The summed E-state index contributed by atoms with van der Waals surface area (Å²) in [7, 11) is 7.89. The van der Waals surface area contributed by atoms with Crippen LogP contribution in [0.1, 0.15) is 24.5 Å². The van der Waals surface area contributed by atoms with Gasteiger partial charge in [-0.15, -0.1) is 0 Å². The lowest BCUT2D eigenvalue weighted by atomic mass is 10.1. The van der Waals surface area contributed by atoms with Gasteiger partial charge in [-0.25, -0.2) is 0 Å². The summed E-state index contributed by atoms with van der Waals surface area (Å²) in [6, 6.07) is 21.0. The number of hydrogen-bond acceptors (Lipinski definition) is 8. The van der Waals surface area contributed by atoms with Crippen LogP contribution in [-0.4, -0.2) is 68.1 Å². The Hall–Kier alpha value is -4.36. The van der Waals surface area contributed by atoms with E-state index in [4.69, 9.17) is 21.1 Å². The molecule has 0 radical (unpaired) electrons. The van der Waals surface area contributed by atoms with Crippen LogP contribution in [0.4, 0.5) is 17.1 Å². The zero-order valence-electron chi connectivity index (χ0n) is 25.1. The van der Waals surface area contributed by atoms with E-state index in [0.29, 0.717) is 69.7 Å². The van der Waals surface area contributed by atoms with Gasteiger partial charge in [0.05, 0.1) is 34.1 Å². The van der Waals surface area contributed by atoms with Crippen molar-refractivity contribution in [2.45, 2.75) is 26.0 Å². The van der Waals surface area contributed by atoms with Gasteiger partial charge in [0.15, 0.2) is 0 Å². The number of nitriles is 1. The molecule has 4 aromatic rings. The summed E-state index contributed by atoms with van der Waals surface area (Å²) in [5.41, 5.74) is 3.69. The van der Waals surface area contributed by atoms with Crippen LogP contribution in [0, 0.1) is 11.3 Å². The van der Waals surface area contributed by atoms with Gasteiger partial charge in [0.1, 0.15) is 24.2 Å². The normalized spacial score (nSPS) is 11.8. The fourth-order valence-electron chi connectivity index (χ4n) is 4.63. The van der Waals surface area contributed by atoms with Gasteiger partial charge in [0.2, 0.25) is 5.91 Å². The van der Waals surface area contributed by atoms with Crippen molar-refractivity contribution in [1.29, 1.82) is 5.26 Å². The van der Waals surface area contributed by atoms with Crippen molar-refractivity contribution in [2.24, 2.45) is 0 Å². The van der Waals surface area contributed by atoms with Gasteiger partial charge in [-0.05, 0) is 64.9 Å². The molecule has 1 amide bonds. The van der Waals surface area contributed by atoms with E-state index in [-0.39, 0.29) is 11.9 Å². The fraction of sp³-hybridized carbons (Fsp3) is 0.303. The number of halogens is 1. The zero-order chi connectivity index (χ0) is 30.9. The van der Waals surface area contributed by atoms with Crippen LogP contribution < -0.4 is 20.1 Å². The number of nitrogens with one attached hydrogen (secondary N) is 2. The van der Waals surface area contributed by atoms with Gasteiger partial charge < -0.3 is 29.9 Å². The maximum absolute atomic E-state index is 13.2. The number of benzene rings is 3. The van der Waals surface area contributed by atoms with Gasteiger partial charge in [0.25, 0.3) is 0 Å². The molecule has 0 aliphatic carbocycles. The van der Waals surface area contributed by atoms with Gasteiger partial charge in [-0.3, -0.25) is 9.78 Å². The first-order valence-corrected chi connectivity index (χ1v) is 14.4. The van der Waals surface area contributed by atoms with E-state index < -0.39 is 0 Å². The standard InChI is InChI=1S/C33H37ClN6O3/c1-6-42-31-17-28-26(16-29(31)38-32(41)15-25(40(4)5)20-39(2)3)33(23(18-35)19-36-28)37-24-12-13-30(27(34)14-24)43-21-22-10-8-7-9-11-22/h7-14,16-17,19,25H,6,15,20-21H2,1-5H3,(H,36,37)(H,38,41). The van der Waals surface area contributed by atoms with E-state index in [1.165, 1.54) is 6.20 Å². The Bertz CT molecular complexity index is 1600. The highest BCUT2D eigenvalue weighted by atomic mass is 35.5. The smallest absolute Gasteiger partial charge is 0.226 e. The molecule has 1 atom stereocenters. The molecular formula is C33H37ClN6O3. The number of rotatable bonds is 13. The third-order valence-corrected chi connectivity index (χ3v) is 7.12. The van der Waals surface area contributed by atoms with E-state index in [1.54, 1.807) is 24.3 Å². The molecule has 3 aromatic carbocycles. The minimum atomic E-state index is -0.141. The Morgan fingerprint density at radius 2 is 1.81 bits per heavy atom. The quantitative estimate of drug-likeness (QED) is 0.184. The molecule has 9 nitrogen and oxygen atoms in total. The van der Waals surface area contributed by atoms with E-state index in [0.717, 1.165) is 12.1 Å². The molecule has 1 heterocycles. The number of ether oxygens (including phenoxy) is 2. The van der Waals surface area contributed by atoms with Crippen molar-refractivity contribution in [3.8, 4) is 17.6 Å². The number of likely N-dealkylation sites (N-methyl/N-ethyl adjacent to an activating group) is 2. The molecule has 0 aliphatic rings. The van der Waals surface area contributed by atoms with Gasteiger partial charge in [-0.2, -0.15) is 5.26 Å². The second-order valence-corrected chi connectivity index (χ2v) is 11.0. The number of nitrogens with zero attached hydrogens (tertiary/aromatic N) is 4. The Labute approximate surface area is 258 Å². The predicted molar refractivity (Wildman–Crippen MR) is 172 cm³/mol. The molecular weight excluding hydrogens is 564 g/mol. The minimum absolute atomic E-state index is 0.0273. The van der Waals surface area contributed by atoms with Crippen molar-refractivity contribution in [1.82, 2.24) is 14.8 Å². The summed E-state index contributed by atoms with van der Waals surface area (Å²) < 4.78 is 11.8. The van der Waals surface area contributed by atoms with Crippen molar-refractivity contribution in [3.63, 3.8) is 0 Å². The maximum Gasteiger partial charge on any atom is 0.226 e. The first-order valence-electron chi connectivity index (χ1n) is 14.0. The molecule has 0 fully saturated rings. The van der Waals surface area contributed by atoms with Crippen LogP contribution in [0.5, 0.6) is 11.5 Å². The zero-order valence-corrected chi connectivity index (χ0v) is 25.9. The van der Waals surface area contributed by atoms with Crippen molar-refractivity contribution in [2.75, 3.05) is 52.0 Å². The highest BCUT2D eigenvalue weighted by Gasteiger charge is 2.20. The first-order chi connectivity index (χ1) is 20.7. The molecule has 0 aliphatic heterocycles. The lowest BCUT2D eigenvalue weighted by Gasteiger charge is -2.27. The van der Waals surface area contributed by atoms with Crippen LogP contribution >= 0.6 is 11.6 Å². The van der Waals surface area contributed by atoms with Gasteiger partial charge in [0, 0.05) is 42.3 Å². The summed E-state index contributed by atoms with van der Waals surface area (Å²) in [5.74, 6) is 0.911. The number of pyridine rings is 1. The predicted octanol–water partition coefficient (Wildman–Crippen LogP) is 6.30. The highest BCUT2D eigenvalue weighted by Crippen LogP contribution is 2.37. The Kier molecular flexibility index (Phi) is 10.8. The average molecular weight is 601 g/mol. The third kappa shape index (κ3) is 8.36. The lowest BCUT2D eigenvalue weighted by molar-refractivity contribution is -0.117. The van der Waals surface area contributed by atoms with Gasteiger partial charge in [-0.1, -0.05) is 41.9 Å². The molecule has 224 valence electrons. The summed E-state index contributed by atoms with van der Waals surface area (Å²) >= 11 is 6.57. The third-order valence-electron chi connectivity index (χ3n) is 6.83. The number of amides is 1. The SMILES string of the molecule is CCOc1cc2ncc(C#N)c(Nc3ccc(OCc4ccccc4)c(Cl)c3)c2cc1NC(=O)CC(CN(C)C)N(C)C. The van der Waals surface area contributed by atoms with Crippen molar-refractivity contribution >= 4 is 45.5 Å². The second kappa shape index (κ2) is 14.7. The Morgan fingerprint density at radius 1 is 1.05 bits per heavy atom. The molecule has 0 saturated carbocycles. The monoisotopic (exact) mass is 600 g/mol. The summed E-state index contributed by atoms with van der Waals surface area (Å²) in [5, 5.41) is 17.4. The number of carbonyl (C=O) groups excluding carboxylic acids is 1. The van der Waals surface area contributed by atoms with Gasteiger partial charge >= 0.3 is 0 Å². The van der Waals surface area contributed by atoms with Crippen LogP contribution in [0.25, 0.3) is 10.9 Å². The summed E-state index contributed by atoms with van der Waals surface area (Å²) in [4.78, 5) is 21.8. The topological polar surface area (TPSA) is 103 Å². The first kappa shape index (κ1) is 31.6. The fourth-order valence-corrected chi connectivity index (χ4v) is 4.87. The van der Waals surface area contributed by atoms with Crippen LogP contribution in [0.2, 0.25) is 5.02 Å². The van der Waals surface area contributed by atoms with Crippen molar-refractivity contribution in [3.05, 3.63) is 83.0 Å². The molecule has 1 aromatic heterocycles. The highest BCUT2D eigenvalue weighted by molar-refractivity contribution is 6.32. The number of carbonyl (C=O) groups is 1. The van der Waals surface area contributed by atoms with E-state index in [2.05, 4.69) is 26.6 Å². The second-order valence-electron chi connectivity index (χ2n) is 10.6. The molecule has 43 heavy (non-hydrogen) atoms. The minimum Gasteiger partial charge on any atom is -0.492 e. The van der Waals surface area contributed by atoms with Crippen LogP contribution in [0.3, 0.4) is 0 Å². The average Bonchev–Trinajstić information content (AvgIpc) is 2.97. The number of hydrogen-bond donors (Lipinski definition) is 2.